The highest BCUT2D eigenvalue weighted by molar-refractivity contribution is 7.50. The zero-order valence-corrected chi connectivity index (χ0v) is 78.2. The van der Waals surface area contributed by atoms with Gasteiger partial charge in [-0.1, -0.05) is 80.1 Å². The fourth-order valence-electron chi connectivity index (χ4n) is 15.3. The third-order valence-corrected chi connectivity index (χ3v) is 25.7. The first-order valence-corrected chi connectivity index (χ1v) is 47.9. The summed E-state index contributed by atoms with van der Waals surface area (Å²) in [4.78, 5) is 205. The molecule has 3 aliphatic rings. The number of aryl methyl sites for hydroxylation is 1. The normalized spacial score (nSPS) is 15.2. The number of aromatic nitrogens is 5. The monoisotopic (exact) mass is 1960 g/mol. The Balaban J connectivity index is 0.558. The number of carbonyl (C=O) groups excluding carboxylic acids is 8. The molecule has 0 fully saturated rings. The van der Waals surface area contributed by atoms with Crippen LogP contribution in [-0.2, 0) is 133 Å². The third kappa shape index (κ3) is 29.9. The number of carbonyl (C=O) groups is 13. The number of nitrogens with zero attached hydrogens (tertiary/aromatic N) is 8. The summed E-state index contributed by atoms with van der Waals surface area (Å²) < 4.78 is 73.2. The highest BCUT2D eigenvalue weighted by Crippen LogP contribution is 2.47. The summed E-state index contributed by atoms with van der Waals surface area (Å²) in [7, 11) is -6.66. The number of anilines is 1. The number of carboxylic acid groups (broad SMARTS) is 5. The minimum Gasteiger partial charge on any atom is -0.481 e. The molecule has 14 N–H and O–H groups in total. The van der Waals surface area contributed by atoms with Gasteiger partial charge in [-0.2, -0.15) is 0 Å². The number of hydrogen-bond acceptors (Lipinski definition) is 28. The van der Waals surface area contributed by atoms with Crippen molar-refractivity contribution in [2.45, 2.75) is 173 Å². The third-order valence-electron chi connectivity index (χ3n) is 23.0. The molecule has 4 aromatic carbocycles. The highest BCUT2D eigenvalue weighted by Gasteiger charge is 2.46. The second kappa shape index (κ2) is 51.1. The van der Waals surface area contributed by atoms with E-state index in [1.165, 1.54) is 31.1 Å². The zero-order chi connectivity index (χ0) is 100.0. The molecular formula is C90H114N14O32P2. The summed E-state index contributed by atoms with van der Waals surface area (Å²) in [5, 5.41) is 82.9. The molecule has 3 aromatic heterocycles. The minimum absolute atomic E-state index is 0.00732. The standard InChI is InChI=1S/C90H114N14O32P2/c1-5-59-62-49-58(25-26-66(62)95-79-63(59)53-103-72(79)50-65-64(83(103)113)54-133-88(122)90(65,124)6-2)136-89(123)100(3)37-38-101(4)138(127,128)135-41-33-69(86(118)119)96-82(112)56-23-21-55(22-24-56)51-104-81-60-16-10-9-15-57(60)52-102(71-19-12-11-17-61(71)80(81)97-99-104)77(109)31-30-73(105)92-36-42-130-44-46-132-48-47-131-45-43-129-40-34-74(106)91-35-13-7-8-20-75(107)94-68(85(116)117)27-29-76(108)93-67(84(114)115)18-14-39-134-137(125,126)98-70(87(120)121)28-32-78(110)111/h9-12,15-17,19,21-26,49-50,67-70,124H,5-8,13-14,18,20,27-48,51-54H2,1-4H3,(H,91,106)(H,92,105)(H,93,108)(H,94,107)(H,96,112)(H,110,111)(H,114,115)(H,116,117)(H,118,119)(H,120,121)(H,127,128)(H2,98,125,126)/t67-,68-,69-,70-,90-/m0/s1. The van der Waals surface area contributed by atoms with Gasteiger partial charge in [0.1, 0.15) is 42.2 Å². The summed E-state index contributed by atoms with van der Waals surface area (Å²) in [5.41, 5.74) is 5.68. The van der Waals surface area contributed by atoms with Gasteiger partial charge >= 0.3 is 57.4 Å². The van der Waals surface area contributed by atoms with E-state index in [0.29, 0.717) is 82.7 Å². The number of cyclic esters (lactones) is 1. The number of aliphatic carboxylic acids is 5. The number of esters is 1. The lowest BCUT2D eigenvalue weighted by Crippen LogP contribution is -2.44. The van der Waals surface area contributed by atoms with Crippen LogP contribution in [0.3, 0.4) is 0 Å². The Morgan fingerprint density at radius 3 is 1.88 bits per heavy atom. The molecule has 138 heavy (non-hydrogen) atoms. The number of rotatable bonds is 58. The fourth-order valence-corrected chi connectivity index (χ4v) is 17.3. The van der Waals surface area contributed by atoms with Crippen molar-refractivity contribution in [3.63, 3.8) is 0 Å². The van der Waals surface area contributed by atoms with Crippen LogP contribution in [0.4, 0.5) is 10.5 Å². The lowest BCUT2D eigenvalue weighted by atomic mass is 9.86. The molecule has 0 aliphatic carbocycles. The summed E-state index contributed by atoms with van der Waals surface area (Å²) >= 11 is 0. The van der Waals surface area contributed by atoms with E-state index in [9.17, 15) is 112 Å². The van der Waals surface area contributed by atoms with Crippen LogP contribution < -0.4 is 46.9 Å². The summed E-state index contributed by atoms with van der Waals surface area (Å²) in [6.07, 6.45) is -2.15. The van der Waals surface area contributed by atoms with Gasteiger partial charge in [0.2, 0.25) is 29.5 Å². The molecule has 0 saturated heterocycles. The maximum absolute atomic E-state index is 14.3. The Labute approximate surface area is 790 Å². The molecular weight excluding hydrogens is 1850 g/mol. The van der Waals surface area contributed by atoms with Crippen LogP contribution in [0.1, 0.15) is 154 Å². The van der Waals surface area contributed by atoms with E-state index in [0.717, 1.165) is 26.9 Å². The van der Waals surface area contributed by atoms with Gasteiger partial charge in [-0.25, -0.2) is 52.5 Å². The number of aliphatic hydroxyl groups is 1. The maximum Gasteiger partial charge on any atom is 0.415 e. The molecule has 10 rings (SSSR count). The first kappa shape index (κ1) is 107. The van der Waals surface area contributed by atoms with Crippen molar-refractivity contribution in [1.82, 2.24) is 65.8 Å². The number of amides is 7. The van der Waals surface area contributed by atoms with E-state index < -0.39 is 156 Å². The van der Waals surface area contributed by atoms with E-state index in [4.69, 9.17) is 47.6 Å². The molecule has 48 heteroatoms. The molecule has 46 nitrogen and oxygen atoms in total. The smallest absolute Gasteiger partial charge is 0.415 e. The van der Waals surface area contributed by atoms with Gasteiger partial charge in [0.15, 0.2) is 5.60 Å². The van der Waals surface area contributed by atoms with Crippen LogP contribution in [0.25, 0.3) is 44.8 Å². The van der Waals surface area contributed by atoms with Gasteiger partial charge in [-0.3, -0.25) is 52.2 Å². The second-order valence-electron chi connectivity index (χ2n) is 32.6. The quantitative estimate of drug-likeness (QED) is 0.0136. The first-order chi connectivity index (χ1) is 65.9. The molecule has 7 amide bonds. The number of unbranched alkanes of at least 4 members (excludes halogenated alkanes) is 2. The number of benzene rings is 4. The second-order valence-corrected chi connectivity index (χ2v) is 36.1. The number of nitrogens with one attached hydrogen (secondary N) is 6. The van der Waals surface area contributed by atoms with Gasteiger partial charge in [-0.05, 0) is 118 Å². The van der Waals surface area contributed by atoms with Gasteiger partial charge in [-0.15, -0.1) is 5.10 Å². The average Bonchev–Trinajstić information content (AvgIpc) is 1.57. The van der Waals surface area contributed by atoms with Crippen molar-refractivity contribution >= 4 is 109 Å². The SMILES string of the molecule is CCc1c2c(nc3ccc(OC(=O)N(C)CCN(C)P(=O)(O)OCC[C@H](NC(=O)c4ccc(Cn5nnc6c5-c5ccccc5CN(C(=O)CCC(=O)NCCOCCOCCOCCOCCC(=O)NCCCCCC(=O)N[C@@H](CCC(=O)N[C@@H](CCCOP(=O)(O)N[C@@H](CCC(=O)O)C(=O)O)C(=O)O)C(=O)O)c5ccccc5-6)cc4)C(=O)O)cc13)-c1cc3c(c(=O)n1C2)COC(=O)[C@]3(O)CC. The van der Waals surface area contributed by atoms with Crippen molar-refractivity contribution < 1.29 is 149 Å². The maximum atomic E-state index is 14.3. The lowest BCUT2D eigenvalue weighted by molar-refractivity contribution is -0.172. The Bertz CT molecular complexity index is 5740. The van der Waals surface area contributed by atoms with E-state index >= 15 is 0 Å². The van der Waals surface area contributed by atoms with Crippen LogP contribution in [0.15, 0.2) is 102 Å². The Morgan fingerprint density at radius 2 is 1.20 bits per heavy atom. The number of likely N-dealkylation sites (N-methyl/N-ethyl adjacent to an activating group) is 2. The lowest BCUT2D eigenvalue weighted by Gasteiger charge is -2.31. The molecule has 6 heterocycles. The molecule has 746 valence electrons. The molecule has 7 aromatic rings. The van der Waals surface area contributed by atoms with Crippen LogP contribution in [0.5, 0.6) is 5.75 Å². The van der Waals surface area contributed by atoms with Crippen LogP contribution >= 0.6 is 15.5 Å². The van der Waals surface area contributed by atoms with Crippen molar-refractivity contribution in [3.8, 4) is 39.7 Å². The fraction of sp³-hybridized carbons (Fsp3) is 0.478. The zero-order valence-electron chi connectivity index (χ0n) is 76.4. The number of para-hydroxylation sites is 1. The molecule has 0 radical (unpaired) electrons. The average molecular weight is 1970 g/mol. The Kier molecular flexibility index (Phi) is 39.8. The molecule has 2 unspecified atom stereocenters. The number of hydrogen-bond donors (Lipinski definition) is 14. The largest absolute Gasteiger partial charge is 0.481 e. The van der Waals surface area contributed by atoms with Crippen molar-refractivity contribution in [2.24, 2.45) is 0 Å². The predicted octanol–water partition coefficient (Wildman–Crippen LogP) is 4.97. The van der Waals surface area contributed by atoms with Crippen molar-refractivity contribution in [3.05, 3.63) is 146 Å². The molecule has 0 spiro atoms. The molecule has 7 atom stereocenters. The first-order valence-electron chi connectivity index (χ1n) is 44.8. The van der Waals surface area contributed by atoms with Gasteiger partial charge in [0.05, 0.1) is 120 Å². The van der Waals surface area contributed by atoms with Crippen LogP contribution in [0.2, 0.25) is 0 Å². The van der Waals surface area contributed by atoms with E-state index in [1.54, 1.807) is 69.6 Å². The van der Waals surface area contributed by atoms with E-state index in [2.05, 4.69) is 36.9 Å². The van der Waals surface area contributed by atoms with E-state index in [1.807, 2.05) is 48.4 Å². The molecule has 0 bridgehead atoms. The summed E-state index contributed by atoms with van der Waals surface area (Å²) in [6.45, 7) is 4.58. The number of fused-ring (bicyclic) bond motifs is 10. The highest BCUT2D eigenvalue weighted by atomic mass is 31.2. The minimum atomic E-state index is -4.77. The predicted molar refractivity (Wildman–Crippen MR) is 489 cm³/mol. The van der Waals surface area contributed by atoms with Gasteiger partial charge < -0.3 is 110 Å². The summed E-state index contributed by atoms with van der Waals surface area (Å²) in [5.74, 6) is -11.1. The molecule has 0 saturated carbocycles. The van der Waals surface area contributed by atoms with Crippen LogP contribution in [-0.4, -0.2) is 282 Å². The van der Waals surface area contributed by atoms with E-state index in [-0.39, 0.29) is 184 Å². The Morgan fingerprint density at radius 1 is 0.580 bits per heavy atom. The van der Waals surface area contributed by atoms with Gasteiger partial charge in [0.25, 0.3) is 11.5 Å². The van der Waals surface area contributed by atoms with Crippen molar-refractivity contribution in [2.75, 3.05) is 111 Å². The van der Waals surface area contributed by atoms with Crippen molar-refractivity contribution in [1.29, 1.82) is 0 Å². The number of ether oxygens (including phenoxy) is 6. The Hall–Kier alpha value is -12.7. The number of pyridine rings is 2. The number of carboxylic acids is 5. The summed E-state index contributed by atoms with van der Waals surface area (Å²) in [6, 6.07) is 21.3. The van der Waals surface area contributed by atoms with Crippen LogP contribution in [0, 0.1) is 0 Å². The topological polar surface area (TPSA) is 639 Å². The van der Waals surface area contributed by atoms with Gasteiger partial charge in [0, 0.05) is 111 Å². The molecule has 3 aliphatic heterocycles.